The van der Waals surface area contributed by atoms with Crippen LogP contribution >= 0.6 is 0 Å². The highest BCUT2D eigenvalue weighted by atomic mass is 28.4. The van der Waals surface area contributed by atoms with E-state index in [1.807, 2.05) is 6.08 Å². The maximum Gasteiger partial charge on any atom is 0.261 e. The summed E-state index contributed by atoms with van der Waals surface area (Å²) in [4.78, 5) is 0. The fourth-order valence-corrected chi connectivity index (χ4v) is 8.30. The Morgan fingerprint density at radius 2 is 1.48 bits per heavy atom. The van der Waals surface area contributed by atoms with Crippen molar-refractivity contribution >= 4 is 18.7 Å². The monoisotopic (exact) mass is 382 g/mol. The van der Waals surface area contributed by atoms with Gasteiger partial charge in [-0.1, -0.05) is 100 Å². The van der Waals surface area contributed by atoms with E-state index >= 15 is 0 Å². The molecule has 0 bridgehead atoms. The summed E-state index contributed by atoms with van der Waals surface area (Å²) in [5, 5.41) is 11.8. The van der Waals surface area contributed by atoms with Crippen molar-refractivity contribution in [3.63, 3.8) is 0 Å². The summed E-state index contributed by atoms with van der Waals surface area (Å²) < 4.78 is 6.91. The van der Waals surface area contributed by atoms with Gasteiger partial charge in [0.15, 0.2) is 0 Å². The van der Waals surface area contributed by atoms with Crippen LogP contribution in [0.2, 0.25) is 5.04 Å². The van der Waals surface area contributed by atoms with Crippen LogP contribution in [-0.2, 0) is 4.43 Å². The molecule has 0 spiro atoms. The van der Waals surface area contributed by atoms with E-state index in [-0.39, 0.29) is 11.6 Å². The van der Waals surface area contributed by atoms with E-state index in [1.54, 1.807) is 0 Å². The Labute approximate surface area is 166 Å². The number of hydrogen-bond donors (Lipinski definition) is 1. The van der Waals surface area contributed by atoms with Crippen LogP contribution in [0.25, 0.3) is 0 Å². The quantitative estimate of drug-likeness (QED) is 0.537. The summed E-state index contributed by atoms with van der Waals surface area (Å²) in [6, 6.07) is 21.5. The predicted molar refractivity (Wildman–Crippen MR) is 118 cm³/mol. The molecule has 0 amide bonds. The molecule has 0 aliphatic carbocycles. The zero-order valence-corrected chi connectivity index (χ0v) is 18.4. The van der Waals surface area contributed by atoms with Gasteiger partial charge in [0.05, 0.1) is 6.61 Å². The molecule has 2 aromatic rings. The molecule has 0 aliphatic rings. The topological polar surface area (TPSA) is 29.5 Å². The van der Waals surface area contributed by atoms with Gasteiger partial charge in [0.25, 0.3) is 8.32 Å². The lowest BCUT2D eigenvalue weighted by Crippen LogP contribution is -2.66. The molecule has 0 fully saturated rings. The van der Waals surface area contributed by atoms with Gasteiger partial charge >= 0.3 is 0 Å². The van der Waals surface area contributed by atoms with E-state index in [4.69, 9.17) is 9.53 Å². The molecule has 3 heteroatoms. The van der Waals surface area contributed by atoms with E-state index in [0.717, 1.165) is 6.42 Å². The number of benzene rings is 2. The van der Waals surface area contributed by atoms with Gasteiger partial charge in [0, 0.05) is 6.61 Å². The van der Waals surface area contributed by atoms with Crippen molar-refractivity contribution in [1.82, 2.24) is 0 Å². The Hall–Kier alpha value is -1.68. The highest BCUT2D eigenvalue weighted by Crippen LogP contribution is 2.37. The molecule has 0 saturated heterocycles. The first-order valence-corrected chi connectivity index (χ1v) is 11.8. The lowest BCUT2D eigenvalue weighted by atomic mass is 9.99. The molecule has 2 rings (SSSR count). The zero-order valence-electron chi connectivity index (χ0n) is 17.4. The normalized spacial score (nSPS) is 14.2. The molecule has 0 unspecified atom stereocenters. The zero-order chi connectivity index (χ0) is 19.9. The first kappa shape index (κ1) is 21.6. The largest absolute Gasteiger partial charge is 0.407 e. The van der Waals surface area contributed by atoms with Crippen molar-refractivity contribution in [2.45, 2.75) is 46.1 Å². The van der Waals surface area contributed by atoms with E-state index in [0.29, 0.717) is 12.5 Å². The van der Waals surface area contributed by atoms with Gasteiger partial charge in [-0.15, -0.1) is 0 Å². The third-order valence-corrected chi connectivity index (χ3v) is 10.5. The highest BCUT2D eigenvalue weighted by molar-refractivity contribution is 6.99. The summed E-state index contributed by atoms with van der Waals surface area (Å²) in [5.74, 6) is 0.398. The fraction of sp³-hybridized carbons (Fsp3) is 0.417. The van der Waals surface area contributed by atoms with Crippen LogP contribution < -0.4 is 10.4 Å². The van der Waals surface area contributed by atoms with Gasteiger partial charge in [-0.2, -0.15) is 0 Å². The van der Waals surface area contributed by atoms with E-state index < -0.39 is 8.32 Å². The van der Waals surface area contributed by atoms with E-state index in [9.17, 15) is 0 Å². The summed E-state index contributed by atoms with van der Waals surface area (Å²) in [5.41, 5.74) is 1.23. The third kappa shape index (κ3) is 4.98. The third-order valence-electron chi connectivity index (χ3n) is 5.48. The standard InChI is InChI=1S/C24H34O2Si/c1-20(16-18-25)21(2)17-19-26-27(24(3,4)5,22-12-8-6-9-13-22)23-14-10-7-11-15-23/h6-16,21,25H,17-19H2,1-5H3/b20-16+/t21-/m0/s1. The first-order valence-electron chi connectivity index (χ1n) is 9.85. The molecule has 0 saturated carbocycles. The minimum absolute atomic E-state index is 0.00886. The Morgan fingerprint density at radius 3 is 1.89 bits per heavy atom. The molecule has 0 aliphatic heterocycles. The van der Waals surface area contributed by atoms with Gasteiger partial charge < -0.3 is 9.53 Å². The number of aliphatic hydroxyl groups is 1. The molecular weight excluding hydrogens is 348 g/mol. The number of rotatable bonds is 8. The maximum absolute atomic E-state index is 9.14. The van der Waals surface area contributed by atoms with Crippen LogP contribution in [0.3, 0.4) is 0 Å². The van der Waals surface area contributed by atoms with Gasteiger partial charge in [-0.25, -0.2) is 0 Å². The summed E-state index contributed by atoms with van der Waals surface area (Å²) in [6.07, 6.45) is 2.85. The molecule has 2 aromatic carbocycles. The Morgan fingerprint density at radius 1 is 1.00 bits per heavy atom. The highest BCUT2D eigenvalue weighted by Gasteiger charge is 2.49. The lowest BCUT2D eigenvalue weighted by Gasteiger charge is -2.43. The molecule has 0 radical (unpaired) electrons. The molecule has 1 atom stereocenters. The van der Waals surface area contributed by atoms with Crippen molar-refractivity contribution in [2.75, 3.05) is 13.2 Å². The second-order valence-electron chi connectivity index (χ2n) is 8.33. The van der Waals surface area contributed by atoms with Crippen LogP contribution in [0.4, 0.5) is 0 Å². The molecule has 27 heavy (non-hydrogen) atoms. The van der Waals surface area contributed by atoms with Gasteiger partial charge in [-0.3, -0.25) is 0 Å². The molecule has 146 valence electrons. The van der Waals surface area contributed by atoms with Crippen LogP contribution in [0.5, 0.6) is 0 Å². The second kappa shape index (κ2) is 9.49. The molecule has 2 nitrogen and oxygen atoms in total. The molecular formula is C24H34O2Si. The fourth-order valence-electron chi connectivity index (χ4n) is 3.72. The molecule has 0 aromatic heterocycles. The number of aliphatic hydroxyl groups excluding tert-OH is 1. The minimum atomic E-state index is -2.44. The predicted octanol–water partition coefficient (Wildman–Crippen LogP) is 4.53. The Balaban J connectivity index is 2.40. The van der Waals surface area contributed by atoms with Crippen molar-refractivity contribution in [3.05, 3.63) is 72.3 Å². The number of hydrogen-bond acceptors (Lipinski definition) is 2. The molecule has 0 heterocycles. The van der Waals surface area contributed by atoms with Gasteiger partial charge in [0.1, 0.15) is 0 Å². The van der Waals surface area contributed by atoms with Crippen LogP contribution in [0.1, 0.15) is 41.0 Å². The van der Waals surface area contributed by atoms with Gasteiger partial charge in [-0.05, 0) is 34.7 Å². The summed E-state index contributed by atoms with van der Waals surface area (Å²) >= 11 is 0. The average Bonchev–Trinajstić information content (AvgIpc) is 2.65. The van der Waals surface area contributed by atoms with Crippen LogP contribution in [0.15, 0.2) is 72.3 Å². The van der Waals surface area contributed by atoms with Crippen molar-refractivity contribution in [2.24, 2.45) is 5.92 Å². The van der Waals surface area contributed by atoms with Crippen LogP contribution in [-0.4, -0.2) is 26.6 Å². The molecule has 1 N–H and O–H groups in total. The SMILES string of the molecule is C/C(=C\CO)[C@@H](C)CCO[Si](c1ccccc1)(c1ccccc1)C(C)(C)C. The minimum Gasteiger partial charge on any atom is -0.407 e. The Bertz CT molecular complexity index is 678. The van der Waals surface area contributed by atoms with Crippen molar-refractivity contribution < 1.29 is 9.53 Å². The Kier molecular flexibility index (Phi) is 7.60. The van der Waals surface area contributed by atoms with Crippen molar-refractivity contribution in [1.29, 1.82) is 0 Å². The first-order chi connectivity index (χ1) is 12.8. The summed E-state index contributed by atoms with van der Waals surface area (Å²) in [7, 11) is -2.44. The smallest absolute Gasteiger partial charge is 0.261 e. The second-order valence-corrected chi connectivity index (χ2v) is 12.6. The summed E-state index contributed by atoms with van der Waals surface area (Å²) in [6.45, 7) is 12.0. The van der Waals surface area contributed by atoms with E-state index in [2.05, 4.69) is 95.3 Å². The maximum atomic E-state index is 9.14. The lowest BCUT2D eigenvalue weighted by molar-refractivity contribution is 0.275. The van der Waals surface area contributed by atoms with Gasteiger partial charge in [0.2, 0.25) is 0 Å². The van der Waals surface area contributed by atoms with Crippen LogP contribution in [0, 0.1) is 5.92 Å². The average molecular weight is 383 g/mol. The van der Waals surface area contributed by atoms with Crippen molar-refractivity contribution in [3.8, 4) is 0 Å². The number of allylic oxidation sites excluding steroid dienone is 1. The van der Waals surface area contributed by atoms with E-state index in [1.165, 1.54) is 15.9 Å².